The van der Waals surface area contributed by atoms with Gasteiger partial charge in [-0.15, -0.1) is 0 Å². The van der Waals surface area contributed by atoms with Gasteiger partial charge in [-0.1, -0.05) is 24.7 Å². The molecular formula is C20H34N4. The molecule has 0 unspecified atom stereocenters. The Hall–Kier alpha value is -1.94. The van der Waals surface area contributed by atoms with Crippen molar-refractivity contribution in [3.05, 3.63) is 0 Å². The van der Waals surface area contributed by atoms with Crippen LogP contribution in [0.5, 0.6) is 0 Å². The maximum absolute atomic E-state index is 4.19. The van der Waals surface area contributed by atoms with Crippen molar-refractivity contribution >= 4 is 12.4 Å². The maximum atomic E-state index is 4.19. The third-order valence-electron chi connectivity index (χ3n) is 3.13. The zero-order chi connectivity index (χ0) is 17.9. The molecule has 0 amide bonds. The van der Waals surface area contributed by atoms with Crippen LogP contribution in [0.15, 0.2) is 10.2 Å². The highest BCUT2D eigenvalue weighted by molar-refractivity contribution is 5.56. The molecule has 0 rings (SSSR count). The van der Waals surface area contributed by atoms with Gasteiger partial charge in [0.25, 0.3) is 0 Å². The van der Waals surface area contributed by atoms with Crippen LogP contribution in [0.1, 0.15) is 64.2 Å². The smallest absolute Gasteiger partial charge is 0.0244 e. The maximum Gasteiger partial charge on any atom is 0.0244 e. The van der Waals surface area contributed by atoms with Crippen LogP contribution in [-0.4, -0.2) is 50.6 Å². The summed E-state index contributed by atoms with van der Waals surface area (Å²) in [5.74, 6) is 12.2. The summed E-state index contributed by atoms with van der Waals surface area (Å²) in [7, 11) is 7.76. The zero-order valence-electron chi connectivity index (χ0n) is 16.0. The Morgan fingerprint density at radius 2 is 1.04 bits per heavy atom. The topological polar surface area (TPSA) is 31.2 Å². The molecular weight excluding hydrogens is 296 g/mol. The molecule has 0 bridgehead atoms. The fraction of sp³-hybridized carbons (Fsp3) is 0.700. The molecule has 0 atom stereocenters. The zero-order valence-corrected chi connectivity index (χ0v) is 16.0. The van der Waals surface area contributed by atoms with Crippen molar-refractivity contribution in [3.8, 4) is 23.7 Å². The molecule has 0 spiro atoms. The van der Waals surface area contributed by atoms with Crippen LogP contribution in [0.25, 0.3) is 0 Å². The molecule has 0 heterocycles. The molecule has 0 saturated carbocycles. The summed E-state index contributed by atoms with van der Waals surface area (Å²) in [6, 6.07) is 0. The Balaban J connectivity index is 3.40. The second kappa shape index (κ2) is 17.4. The number of nitrogens with zero attached hydrogens (tertiary/aromatic N) is 4. The van der Waals surface area contributed by atoms with Gasteiger partial charge in [0, 0.05) is 53.5 Å². The molecule has 0 aliphatic carbocycles. The largest absolute Gasteiger partial charge is 0.303 e. The van der Waals surface area contributed by atoms with Crippen molar-refractivity contribution < 1.29 is 0 Å². The summed E-state index contributed by atoms with van der Waals surface area (Å²) in [6.45, 7) is 0. The van der Waals surface area contributed by atoms with Gasteiger partial charge in [0.1, 0.15) is 0 Å². The van der Waals surface area contributed by atoms with Gasteiger partial charge in [0.15, 0.2) is 0 Å². The van der Waals surface area contributed by atoms with Gasteiger partial charge in [-0.2, -0.15) is 10.2 Å². The lowest BCUT2D eigenvalue weighted by molar-refractivity contribution is 0.438. The van der Waals surface area contributed by atoms with Crippen molar-refractivity contribution in [1.29, 1.82) is 0 Å². The minimum atomic E-state index is 0.949. The Kier molecular flexibility index (Phi) is 16.0. The van der Waals surface area contributed by atoms with Crippen molar-refractivity contribution in [2.24, 2.45) is 10.2 Å². The quantitative estimate of drug-likeness (QED) is 0.234. The van der Waals surface area contributed by atoms with E-state index in [0.29, 0.717) is 0 Å². The molecule has 0 aromatic carbocycles. The van der Waals surface area contributed by atoms with E-state index < -0.39 is 0 Å². The van der Waals surface area contributed by atoms with E-state index in [-0.39, 0.29) is 0 Å². The van der Waals surface area contributed by atoms with Crippen molar-refractivity contribution in [3.63, 3.8) is 0 Å². The normalized spacial score (nSPS) is 10.3. The highest BCUT2D eigenvalue weighted by Crippen LogP contribution is 2.01. The molecule has 4 nitrogen and oxygen atoms in total. The second-order valence-corrected chi connectivity index (χ2v) is 6.09. The fourth-order valence-corrected chi connectivity index (χ4v) is 1.91. The Morgan fingerprint density at radius 3 is 1.42 bits per heavy atom. The monoisotopic (exact) mass is 330 g/mol. The highest BCUT2D eigenvalue weighted by Gasteiger charge is 1.87. The molecule has 0 aliphatic rings. The second-order valence-electron chi connectivity index (χ2n) is 6.09. The summed E-state index contributed by atoms with van der Waals surface area (Å²) in [5, 5.41) is 12.0. The summed E-state index contributed by atoms with van der Waals surface area (Å²) < 4.78 is 0. The van der Waals surface area contributed by atoms with Crippen LogP contribution in [0.3, 0.4) is 0 Å². The van der Waals surface area contributed by atoms with E-state index in [1.54, 1.807) is 0 Å². The number of rotatable bonds is 12. The average molecular weight is 331 g/mol. The fourth-order valence-electron chi connectivity index (χ4n) is 1.91. The summed E-state index contributed by atoms with van der Waals surface area (Å²) in [4.78, 5) is 0. The molecule has 0 N–H and O–H groups in total. The van der Waals surface area contributed by atoms with Crippen molar-refractivity contribution in [1.82, 2.24) is 10.0 Å². The number of hydrogen-bond acceptors (Lipinski definition) is 4. The van der Waals surface area contributed by atoms with Gasteiger partial charge in [-0.3, -0.25) is 0 Å². The predicted molar refractivity (Wildman–Crippen MR) is 106 cm³/mol. The lowest BCUT2D eigenvalue weighted by atomic mass is 10.1. The number of hydrazone groups is 2. The van der Waals surface area contributed by atoms with Crippen LogP contribution in [0.2, 0.25) is 0 Å². The average Bonchev–Trinajstić information content (AvgIpc) is 2.53. The molecule has 0 aliphatic heterocycles. The van der Waals surface area contributed by atoms with Gasteiger partial charge in [0.2, 0.25) is 0 Å². The van der Waals surface area contributed by atoms with E-state index >= 15 is 0 Å². The first-order chi connectivity index (χ1) is 11.6. The van der Waals surface area contributed by atoms with Crippen LogP contribution < -0.4 is 0 Å². The lowest BCUT2D eigenvalue weighted by Gasteiger charge is -2.01. The van der Waals surface area contributed by atoms with Gasteiger partial charge in [0.05, 0.1) is 0 Å². The van der Waals surface area contributed by atoms with E-state index in [0.717, 1.165) is 38.5 Å². The van der Waals surface area contributed by atoms with E-state index in [9.17, 15) is 0 Å². The molecule has 0 aromatic rings. The molecule has 134 valence electrons. The summed E-state index contributed by atoms with van der Waals surface area (Å²) >= 11 is 0. The Bertz CT molecular complexity index is 412. The van der Waals surface area contributed by atoms with Crippen LogP contribution in [-0.2, 0) is 0 Å². The van der Waals surface area contributed by atoms with Gasteiger partial charge >= 0.3 is 0 Å². The predicted octanol–water partition coefficient (Wildman–Crippen LogP) is 3.99. The van der Waals surface area contributed by atoms with Crippen molar-refractivity contribution in [2.45, 2.75) is 64.2 Å². The van der Waals surface area contributed by atoms with E-state index in [4.69, 9.17) is 0 Å². The third-order valence-corrected chi connectivity index (χ3v) is 3.13. The third kappa shape index (κ3) is 20.1. The SMILES string of the molecule is CN(C)/N=C/CCCCCC#CC#CCCCCC/C=N/N(C)C. The van der Waals surface area contributed by atoms with Crippen LogP contribution in [0.4, 0.5) is 0 Å². The standard InChI is InChI=1S/C20H34N4/c1-23(2)21-19-17-15-13-11-9-7-5-6-8-10-12-14-16-18-20-22-24(3)4/h19-20H,9-18H2,1-4H3/b21-19+,22-20+. The van der Waals surface area contributed by atoms with Gasteiger partial charge < -0.3 is 10.0 Å². The minimum absolute atomic E-state index is 0.949. The first-order valence-corrected chi connectivity index (χ1v) is 8.98. The molecule has 0 aromatic heterocycles. The molecule has 0 fully saturated rings. The molecule has 4 heteroatoms. The molecule has 0 radical (unpaired) electrons. The Morgan fingerprint density at radius 1 is 0.625 bits per heavy atom. The first-order valence-electron chi connectivity index (χ1n) is 8.98. The minimum Gasteiger partial charge on any atom is -0.303 e. The number of hydrogen-bond donors (Lipinski definition) is 0. The lowest BCUT2D eigenvalue weighted by Crippen LogP contribution is -2.01. The summed E-state index contributed by atoms with van der Waals surface area (Å²) in [5.41, 5.74) is 0. The summed E-state index contributed by atoms with van der Waals surface area (Å²) in [6.07, 6.45) is 15.0. The Labute approximate surface area is 149 Å². The highest BCUT2D eigenvalue weighted by atomic mass is 15.4. The van der Waals surface area contributed by atoms with E-state index in [1.165, 1.54) is 25.7 Å². The molecule has 24 heavy (non-hydrogen) atoms. The van der Waals surface area contributed by atoms with Gasteiger partial charge in [-0.25, -0.2) is 0 Å². The number of unbranched alkanes of at least 4 members (excludes halogenated alkanes) is 8. The van der Waals surface area contributed by atoms with Crippen LogP contribution >= 0.6 is 0 Å². The van der Waals surface area contributed by atoms with E-state index in [1.807, 2.05) is 50.6 Å². The van der Waals surface area contributed by atoms with E-state index in [2.05, 4.69) is 33.9 Å². The molecule has 0 saturated heterocycles. The van der Waals surface area contributed by atoms with Crippen LogP contribution in [0, 0.1) is 23.7 Å². The first kappa shape index (κ1) is 22.1. The van der Waals surface area contributed by atoms with Crippen molar-refractivity contribution in [2.75, 3.05) is 28.2 Å². The van der Waals surface area contributed by atoms with Gasteiger partial charge in [-0.05, 0) is 50.4 Å².